The van der Waals surface area contributed by atoms with E-state index in [-0.39, 0.29) is 30.1 Å². The number of aliphatic imine (C=N–C) groups is 1. The predicted molar refractivity (Wildman–Crippen MR) is 127 cm³/mol. The van der Waals surface area contributed by atoms with Gasteiger partial charge >= 0.3 is 0 Å². The number of ether oxygens (including phenoxy) is 1. The lowest BCUT2D eigenvalue weighted by atomic mass is 10.1. The van der Waals surface area contributed by atoms with E-state index in [0.717, 1.165) is 64.9 Å². The highest BCUT2D eigenvalue weighted by molar-refractivity contribution is 14.0. The fraction of sp³-hybridized carbons (Fsp3) is 0.667. The zero-order valence-electron chi connectivity index (χ0n) is 17.5. The molecule has 0 amide bonds. The third kappa shape index (κ3) is 6.30. The van der Waals surface area contributed by atoms with Crippen LogP contribution in [0.15, 0.2) is 35.3 Å². The quantitative estimate of drug-likeness (QED) is 0.352. The molecule has 0 saturated carbocycles. The zero-order valence-corrected chi connectivity index (χ0v) is 19.8. The van der Waals surface area contributed by atoms with Crippen LogP contribution in [0.4, 0.5) is 0 Å². The molecule has 7 heteroatoms. The number of hydrogen-bond acceptors (Lipinski definition) is 4. The minimum atomic E-state index is 0. The molecule has 2 fully saturated rings. The number of benzene rings is 1. The van der Waals surface area contributed by atoms with Crippen LogP contribution in [0.1, 0.15) is 19.4 Å². The number of likely N-dealkylation sites (N-methyl/N-ethyl adjacent to an activating group) is 1. The lowest BCUT2D eigenvalue weighted by Gasteiger charge is -2.36. The molecule has 158 valence electrons. The van der Waals surface area contributed by atoms with Gasteiger partial charge in [0.1, 0.15) is 0 Å². The summed E-state index contributed by atoms with van der Waals surface area (Å²) in [4.78, 5) is 12.1. The molecule has 0 aliphatic carbocycles. The van der Waals surface area contributed by atoms with E-state index in [0.29, 0.717) is 6.04 Å². The van der Waals surface area contributed by atoms with Gasteiger partial charge in [-0.25, -0.2) is 0 Å². The van der Waals surface area contributed by atoms with E-state index in [1.165, 1.54) is 5.56 Å². The minimum absolute atomic E-state index is 0. The lowest BCUT2D eigenvalue weighted by molar-refractivity contribution is -0.0502. The lowest BCUT2D eigenvalue weighted by Crippen LogP contribution is -2.50. The second-order valence-electron chi connectivity index (χ2n) is 7.47. The molecule has 2 unspecified atom stereocenters. The normalized spacial score (nSPS) is 22.9. The summed E-state index contributed by atoms with van der Waals surface area (Å²) < 4.78 is 6.11. The van der Waals surface area contributed by atoms with Crippen LogP contribution in [0.2, 0.25) is 0 Å². The van der Waals surface area contributed by atoms with Crippen molar-refractivity contribution in [1.29, 1.82) is 0 Å². The van der Waals surface area contributed by atoms with E-state index >= 15 is 0 Å². The van der Waals surface area contributed by atoms with Crippen LogP contribution in [-0.4, -0.2) is 92.3 Å². The molecule has 0 bridgehead atoms. The van der Waals surface area contributed by atoms with Gasteiger partial charge in [0, 0.05) is 39.3 Å². The molecule has 1 aromatic rings. The predicted octanol–water partition coefficient (Wildman–Crippen LogP) is 2.11. The van der Waals surface area contributed by atoms with Gasteiger partial charge in [0.15, 0.2) is 5.96 Å². The molecule has 0 spiro atoms. The van der Waals surface area contributed by atoms with Crippen molar-refractivity contribution in [2.24, 2.45) is 4.99 Å². The molecular formula is C21H36IN5O. The van der Waals surface area contributed by atoms with Gasteiger partial charge in [0.2, 0.25) is 0 Å². The van der Waals surface area contributed by atoms with Gasteiger partial charge in [0.05, 0.1) is 25.3 Å². The number of morpholine rings is 1. The Balaban J connectivity index is 0.00000280. The van der Waals surface area contributed by atoms with Gasteiger partial charge in [-0.3, -0.25) is 9.89 Å². The van der Waals surface area contributed by atoms with Crippen molar-refractivity contribution >= 4 is 29.9 Å². The van der Waals surface area contributed by atoms with Crippen LogP contribution >= 0.6 is 24.0 Å². The Labute approximate surface area is 187 Å². The molecule has 0 aromatic heterocycles. The van der Waals surface area contributed by atoms with Crippen LogP contribution in [-0.2, 0) is 11.3 Å². The van der Waals surface area contributed by atoms with Crippen LogP contribution < -0.4 is 5.32 Å². The topological polar surface area (TPSA) is 43.3 Å². The maximum Gasteiger partial charge on any atom is 0.194 e. The van der Waals surface area contributed by atoms with Gasteiger partial charge < -0.3 is 19.9 Å². The number of nitrogens with one attached hydrogen (secondary N) is 1. The third-order valence-corrected chi connectivity index (χ3v) is 5.56. The summed E-state index contributed by atoms with van der Waals surface area (Å²) in [6, 6.07) is 11.2. The third-order valence-electron chi connectivity index (χ3n) is 5.56. The molecule has 2 aliphatic heterocycles. The smallest absolute Gasteiger partial charge is 0.194 e. The van der Waals surface area contributed by atoms with E-state index in [9.17, 15) is 0 Å². The van der Waals surface area contributed by atoms with Gasteiger partial charge in [-0.1, -0.05) is 37.3 Å². The van der Waals surface area contributed by atoms with Crippen LogP contribution in [0.25, 0.3) is 0 Å². The Morgan fingerprint density at radius 3 is 2.75 bits per heavy atom. The Morgan fingerprint density at radius 1 is 1.25 bits per heavy atom. The summed E-state index contributed by atoms with van der Waals surface area (Å²) in [5, 5.41) is 3.47. The van der Waals surface area contributed by atoms with Gasteiger partial charge in [0.25, 0.3) is 0 Å². The fourth-order valence-corrected chi connectivity index (χ4v) is 3.86. The van der Waals surface area contributed by atoms with Crippen molar-refractivity contribution in [3.8, 4) is 0 Å². The molecule has 2 atom stereocenters. The van der Waals surface area contributed by atoms with Gasteiger partial charge in [-0.2, -0.15) is 0 Å². The van der Waals surface area contributed by atoms with Crippen molar-refractivity contribution < 1.29 is 4.74 Å². The van der Waals surface area contributed by atoms with Crippen LogP contribution in [0, 0.1) is 0 Å². The first kappa shape index (κ1) is 23.4. The highest BCUT2D eigenvalue weighted by Gasteiger charge is 2.41. The molecule has 6 nitrogen and oxygen atoms in total. The Bertz CT molecular complexity index is 600. The van der Waals surface area contributed by atoms with Gasteiger partial charge in [-0.15, -0.1) is 24.0 Å². The van der Waals surface area contributed by atoms with Crippen LogP contribution in [0.5, 0.6) is 0 Å². The summed E-state index contributed by atoms with van der Waals surface area (Å²) in [6.45, 7) is 12.8. The average Bonchev–Trinajstić information content (AvgIpc) is 3.13. The van der Waals surface area contributed by atoms with E-state index in [4.69, 9.17) is 9.73 Å². The number of rotatable bonds is 7. The van der Waals surface area contributed by atoms with Crippen molar-refractivity contribution in [3.63, 3.8) is 0 Å². The maximum absolute atomic E-state index is 6.11. The maximum atomic E-state index is 6.11. The molecule has 2 aliphatic rings. The number of nitrogens with zero attached hydrogens (tertiary/aromatic N) is 4. The second-order valence-corrected chi connectivity index (χ2v) is 7.47. The first-order valence-electron chi connectivity index (χ1n) is 10.3. The molecule has 0 radical (unpaired) electrons. The Kier molecular flexibility index (Phi) is 9.98. The van der Waals surface area contributed by atoms with Gasteiger partial charge in [-0.05, 0) is 26.1 Å². The Morgan fingerprint density at radius 2 is 2.04 bits per heavy atom. The molecule has 1 N–H and O–H groups in total. The standard InChI is InChI=1S/C21H35N5O.HI/c1-4-22-21(23-11-12-24(3)5-2)26-16-19-20(17-26)27-14-13-25(19)15-18-9-7-6-8-10-18;/h6-10,19-20H,4-5,11-17H2,1-3H3,(H,22,23);1H. The molecule has 2 heterocycles. The number of guanidine groups is 1. The second kappa shape index (κ2) is 11.9. The van der Waals surface area contributed by atoms with Crippen molar-refractivity contribution in [2.45, 2.75) is 32.5 Å². The largest absolute Gasteiger partial charge is 0.373 e. The van der Waals surface area contributed by atoms with E-state index in [1.54, 1.807) is 0 Å². The molecule has 2 saturated heterocycles. The summed E-state index contributed by atoms with van der Waals surface area (Å²) in [5.41, 5.74) is 1.37. The van der Waals surface area contributed by atoms with Crippen molar-refractivity contribution in [1.82, 2.24) is 20.0 Å². The van der Waals surface area contributed by atoms with Crippen molar-refractivity contribution in [3.05, 3.63) is 35.9 Å². The number of halogens is 1. The summed E-state index contributed by atoms with van der Waals surface area (Å²) in [7, 11) is 2.14. The molecule has 28 heavy (non-hydrogen) atoms. The first-order chi connectivity index (χ1) is 13.2. The number of likely N-dealkylation sites (tertiary alicyclic amines) is 1. The van der Waals surface area contributed by atoms with Crippen molar-refractivity contribution in [2.75, 3.05) is 59.5 Å². The molecular weight excluding hydrogens is 465 g/mol. The summed E-state index contributed by atoms with van der Waals surface area (Å²) in [6.07, 6.45) is 0.268. The monoisotopic (exact) mass is 501 g/mol. The van der Waals surface area contributed by atoms with E-state index in [2.05, 4.69) is 71.2 Å². The first-order valence-corrected chi connectivity index (χ1v) is 10.3. The summed E-state index contributed by atoms with van der Waals surface area (Å²) in [5.74, 6) is 1.03. The highest BCUT2D eigenvalue weighted by Crippen LogP contribution is 2.24. The van der Waals surface area contributed by atoms with Crippen LogP contribution in [0.3, 0.4) is 0 Å². The summed E-state index contributed by atoms with van der Waals surface area (Å²) >= 11 is 0. The Hall–Kier alpha value is -0.900. The average molecular weight is 501 g/mol. The zero-order chi connectivity index (χ0) is 19.1. The number of fused-ring (bicyclic) bond motifs is 1. The van der Waals surface area contributed by atoms with E-state index < -0.39 is 0 Å². The SMILES string of the molecule is CCNC(=NCCN(C)CC)N1CC2OCCN(Cc3ccccc3)C2C1.I. The van der Waals surface area contributed by atoms with E-state index in [1.807, 2.05) is 0 Å². The number of hydrogen-bond donors (Lipinski definition) is 1. The fourth-order valence-electron chi connectivity index (χ4n) is 3.86. The molecule has 3 rings (SSSR count). The minimum Gasteiger partial charge on any atom is -0.373 e. The molecule has 1 aromatic carbocycles. The highest BCUT2D eigenvalue weighted by atomic mass is 127.